The number of benzene rings is 1. The van der Waals surface area contributed by atoms with Crippen LogP contribution in [0.4, 0.5) is 5.82 Å². The lowest BCUT2D eigenvalue weighted by Crippen LogP contribution is -2.57. The van der Waals surface area contributed by atoms with Gasteiger partial charge < -0.3 is 34.7 Å². The third-order valence-corrected chi connectivity index (χ3v) is 8.73. The summed E-state index contributed by atoms with van der Waals surface area (Å²) >= 11 is 0. The molecular weight excluding hydrogens is 660 g/mol. The molecule has 2 saturated heterocycles. The van der Waals surface area contributed by atoms with Gasteiger partial charge in [0.05, 0.1) is 11.9 Å². The summed E-state index contributed by atoms with van der Waals surface area (Å²) in [6.45, 7) is 18.3. The van der Waals surface area contributed by atoms with Crippen LogP contribution in [0.5, 0.6) is 5.75 Å². The van der Waals surface area contributed by atoms with Crippen LogP contribution in [0.25, 0.3) is 11.2 Å². The van der Waals surface area contributed by atoms with Crippen molar-refractivity contribution in [2.75, 3.05) is 25.4 Å². The van der Waals surface area contributed by atoms with Crippen molar-refractivity contribution in [1.29, 1.82) is 0 Å². The van der Waals surface area contributed by atoms with Gasteiger partial charge in [0.25, 0.3) is 5.91 Å². The predicted octanol–water partition coefficient (Wildman–Crippen LogP) is 1.85. The average Bonchev–Trinajstić information content (AvgIpc) is 3.67. The minimum atomic E-state index is -4.75. The number of phenols is 1. The lowest BCUT2D eigenvalue weighted by molar-refractivity contribution is -0.202. The van der Waals surface area contributed by atoms with E-state index in [1.807, 2.05) is 4.72 Å². The largest absolute Gasteiger partial charge is 0.507 e. The maximum atomic E-state index is 13.5. The second kappa shape index (κ2) is 14.9. The highest BCUT2D eigenvalue weighted by molar-refractivity contribution is 7.88. The van der Waals surface area contributed by atoms with Gasteiger partial charge in [0.15, 0.2) is 23.5 Å². The number of nitrogens with zero attached hydrogens (tertiary/aromatic N) is 5. The number of phenolic OH excluding ortho intramolecular Hbond substituents is 1. The number of carbonyl (C=O) groups is 2. The Morgan fingerprint density at radius 1 is 1.08 bits per heavy atom. The molecule has 0 aliphatic carbocycles. The Kier molecular flexibility index (Phi) is 11.5. The van der Waals surface area contributed by atoms with Crippen molar-refractivity contribution in [2.24, 2.45) is 0 Å². The van der Waals surface area contributed by atoms with Gasteiger partial charge in [-0.05, 0) is 66.4 Å². The number of carbonyl (C=O) groups excluding carboxylic acids is 2. The zero-order valence-electron chi connectivity index (χ0n) is 28.9. The third kappa shape index (κ3) is 9.00. The van der Waals surface area contributed by atoms with Crippen molar-refractivity contribution < 1.29 is 42.1 Å². The SMILES string of the molecule is CC(C)(C)OC(=O)C(NS(=O)(=O)NC(=O)c1ccccc1O)[C@H]1O[C@@H](n2cnc3c(N)ncnc32)[C@@H]2OC(C)(C)O[C@@H]21.CCN(CC)CC. The minimum Gasteiger partial charge on any atom is -0.507 e. The molecule has 2 aromatic heterocycles. The number of nitrogens with two attached hydrogens (primary N) is 1. The number of hydrogen-bond donors (Lipinski definition) is 4. The number of aromatic nitrogens is 4. The summed E-state index contributed by atoms with van der Waals surface area (Å²) in [5, 5.41) is 9.99. The fourth-order valence-electron chi connectivity index (χ4n) is 5.48. The van der Waals surface area contributed by atoms with Gasteiger partial charge in [-0.25, -0.2) is 19.7 Å². The Morgan fingerprint density at radius 3 is 2.31 bits per heavy atom. The second-order valence-corrected chi connectivity index (χ2v) is 14.3. The molecule has 2 fully saturated rings. The van der Waals surface area contributed by atoms with Crippen LogP contribution < -0.4 is 15.2 Å². The van der Waals surface area contributed by atoms with E-state index in [1.54, 1.807) is 34.6 Å². The number of para-hydroxylation sites is 1. The number of nitrogens with one attached hydrogen (secondary N) is 2. The van der Waals surface area contributed by atoms with Gasteiger partial charge in [-0.15, -0.1) is 0 Å². The third-order valence-electron chi connectivity index (χ3n) is 7.71. The molecule has 5 rings (SSSR count). The standard InChI is InChI=1S/C25H31N7O9S.C6H15N/c1-24(2,3)41-23(35)14(30-42(36,37)31-21(34)12-8-6-7-9-13(12)33)16-17-18(40-25(4,5)39-17)22(38-16)32-11-29-15-19(26)27-10-28-20(15)32;1-4-7(5-2)6-3/h6-11,14,16-18,22,30,33H,1-5H3,(H,31,34)(H2,26,27,28);4-6H2,1-3H3/t14?,16-,17-,18-,22-;/m1./s1. The lowest BCUT2D eigenvalue weighted by atomic mass is 10.0. The first-order chi connectivity index (χ1) is 22.9. The molecule has 1 unspecified atom stereocenters. The number of amides is 1. The van der Waals surface area contributed by atoms with Gasteiger partial charge in [-0.3, -0.25) is 14.2 Å². The summed E-state index contributed by atoms with van der Waals surface area (Å²) < 4.78 is 55.9. The molecule has 0 spiro atoms. The smallest absolute Gasteiger partial charge is 0.327 e. The van der Waals surface area contributed by atoms with Crippen LogP contribution in [0.1, 0.15) is 72.0 Å². The van der Waals surface area contributed by atoms with E-state index in [0.29, 0.717) is 11.2 Å². The molecule has 1 aromatic carbocycles. The van der Waals surface area contributed by atoms with Gasteiger partial charge >= 0.3 is 16.2 Å². The topological polar surface area (TPSA) is 222 Å². The molecule has 18 heteroatoms. The van der Waals surface area contributed by atoms with Gasteiger partial charge in [0.2, 0.25) is 0 Å². The fourth-order valence-corrected chi connectivity index (χ4v) is 6.46. The number of fused-ring (bicyclic) bond motifs is 2. The van der Waals surface area contributed by atoms with Crippen LogP contribution in [-0.4, -0.2) is 105 Å². The van der Waals surface area contributed by atoms with E-state index in [-0.39, 0.29) is 11.4 Å². The summed E-state index contributed by atoms with van der Waals surface area (Å²) in [5.74, 6) is -3.57. The summed E-state index contributed by atoms with van der Waals surface area (Å²) in [4.78, 5) is 41.0. The Balaban J connectivity index is 0.000000698. The van der Waals surface area contributed by atoms with Crippen molar-refractivity contribution in [1.82, 2.24) is 33.9 Å². The van der Waals surface area contributed by atoms with Gasteiger partial charge in [0, 0.05) is 0 Å². The molecule has 0 bridgehead atoms. The minimum absolute atomic E-state index is 0.133. The van der Waals surface area contributed by atoms with Crippen LogP contribution in [0.15, 0.2) is 36.9 Å². The number of rotatable bonds is 10. The van der Waals surface area contributed by atoms with E-state index in [0.717, 1.165) is 0 Å². The Hall–Kier alpha value is -3.94. The molecule has 3 aromatic rings. The highest BCUT2D eigenvalue weighted by Crippen LogP contribution is 2.45. The second-order valence-electron chi connectivity index (χ2n) is 12.8. The molecule has 49 heavy (non-hydrogen) atoms. The van der Waals surface area contributed by atoms with Crippen molar-refractivity contribution in [2.45, 2.75) is 97.4 Å². The van der Waals surface area contributed by atoms with E-state index in [1.165, 1.54) is 61.1 Å². The summed E-state index contributed by atoms with van der Waals surface area (Å²) in [6.07, 6.45) is -1.50. The van der Waals surface area contributed by atoms with Crippen molar-refractivity contribution in [3.63, 3.8) is 0 Å². The fraction of sp³-hybridized carbons (Fsp3) is 0.581. The molecule has 2 aliphatic rings. The lowest BCUT2D eigenvalue weighted by Gasteiger charge is -2.30. The molecule has 5 atom stereocenters. The molecule has 4 heterocycles. The highest BCUT2D eigenvalue weighted by atomic mass is 32.2. The molecular formula is C31H46N8O9S. The Bertz CT molecular complexity index is 1730. The Labute approximate surface area is 285 Å². The summed E-state index contributed by atoms with van der Waals surface area (Å²) in [5.41, 5.74) is 5.24. The number of imidazole rings is 1. The van der Waals surface area contributed by atoms with Gasteiger partial charge in [-0.1, -0.05) is 32.9 Å². The van der Waals surface area contributed by atoms with E-state index in [2.05, 4.69) is 45.3 Å². The number of esters is 1. The van der Waals surface area contributed by atoms with Crippen LogP contribution in [0.2, 0.25) is 0 Å². The predicted molar refractivity (Wildman–Crippen MR) is 178 cm³/mol. The van der Waals surface area contributed by atoms with Gasteiger partial charge in [0.1, 0.15) is 47.5 Å². The van der Waals surface area contributed by atoms with Crippen LogP contribution in [0, 0.1) is 0 Å². The molecule has 0 radical (unpaired) electrons. The first-order valence-corrected chi connectivity index (χ1v) is 17.4. The van der Waals surface area contributed by atoms with E-state index in [4.69, 9.17) is 24.7 Å². The zero-order chi connectivity index (χ0) is 36.3. The first-order valence-electron chi connectivity index (χ1n) is 15.9. The number of nitrogen functional groups attached to an aromatic ring is 1. The van der Waals surface area contributed by atoms with Crippen molar-refractivity contribution >= 4 is 39.1 Å². The highest BCUT2D eigenvalue weighted by Gasteiger charge is 2.60. The summed E-state index contributed by atoms with van der Waals surface area (Å²) in [7, 11) is -4.75. The number of anilines is 1. The van der Waals surface area contributed by atoms with Crippen LogP contribution >= 0.6 is 0 Å². The molecule has 5 N–H and O–H groups in total. The molecule has 270 valence electrons. The quantitative estimate of drug-likeness (QED) is 0.221. The molecule has 17 nitrogen and oxygen atoms in total. The first kappa shape index (κ1) is 37.9. The Morgan fingerprint density at radius 2 is 1.71 bits per heavy atom. The normalized spacial score (nSPS) is 22.3. The van der Waals surface area contributed by atoms with Crippen LogP contribution in [-0.2, 0) is 34.0 Å². The maximum Gasteiger partial charge on any atom is 0.327 e. The molecule has 1 amide bonds. The van der Waals surface area contributed by atoms with E-state index in [9.17, 15) is 23.1 Å². The summed E-state index contributed by atoms with van der Waals surface area (Å²) in [6, 6.07) is 3.66. The molecule has 2 aliphatic heterocycles. The monoisotopic (exact) mass is 706 g/mol. The van der Waals surface area contributed by atoms with Crippen LogP contribution in [0.3, 0.4) is 0 Å². The maximum absolute atomic E-state index is 13.5. The molecule has 0 saturated carbocycles. The van der Waals surface area contributed by atoms with Crippen molar-refractivity contribution in [3.05, 3.63) is 42.5 Å². The van der Waals surface area contributed by atoms with Gasteiger partial charge in [-0.2, -0.15) is 13.1 Å². The zero-order valence-corrected chi connectivity index (χ0v) is 29.7. The number of hydrogen-bond acceptors (Lipinski definition) is 14. The number of ether oxygens (including phenoxy) is 4. The van der Waals surface area contributed by atoms with E-state index < -0.39 is 69.8 Å². The van der Waals surface area contributed by atoms with E-state index >= 15 is 0 Å². The average molecular weight is 707 g/mol. The number of aromatic hydroxyl groups is 1. The van der Waals surface area contributed by atoms with Crippen molar-refractivity contribution in [3.8, 4) is 5.75 Å².